The summed E-state index contributed by atoms with van der Waals surface area (Å²) in [7, 11) is 0. The van der Waals surface area contributed by atoms with E-state index in [4.69, 9.17) is 26.8 Å². The fourth-order valence-electron chi connectivity index (χ4n) is 4.41. The van der Waals surface area contributed by atoms with Crippen molar-refractivity contribution in [3.8, 4) is 0 Å². The smallest absolute Gasteiger partial charge is 0.259 e. The maximum Gasteiger partial charge on any atom is 0.259 e. The summed E-state index contributed by atoms with van der Waals surface area (Å²) in [6, 6.07) is 10.2. The lowest BCUT2D eigenvalue weighted by Crippen LogP contribution is -2.55. The zero-order chi connectivity index (χ0) is 25.4. The summed E-state index contributed by atoms with van der Waals surface area (Å²) in [4.78, 5) is 45.4. The van der Waals surface area contributed by atoms with Crippen molar-refractivity contribution in [3.05, 3.63) is 52.5 Å². The average molecular weight is 514 g/mol. The molecule has 0 aliphatic carbocycles. The molecule has 188 valence electrons. The maximum atomic E-state index is 13.2. The van der Waals surface area contributed by atoms with E-state index in [9.17, 15) is 19.5 Å². The van der Waals surface area contributed by atoms with Crippen LogP contribution in [0.25, 0.3) is 0 Å². The fraction of sp³-hybridized carbons (Fsp3) is 0.333. The first kappa shape index (κ1) is 24.2. The first-order valence-corrected chi connectivity index (χ1v) is 11.7. The molecule has 3 aliphatic rings. The lowest BCUT2D eigenvalue weighted by Gasteiger charge is -2.35. The SMILES string of the molecule is NC1=NCc2c1ccc(NC(=O)C(O)[C@H]1OCCN(c3cccc(N4CCOCC4=O)c3)C1=O)c2Cl. The number of aliphatic hydroxyl groups excluding tert-OH is 1. The number of aliphatic hydroxyl groups is 1. The normalized spacial score (nSPS) is 20.7. The second kappa shape index (κ2) is 9.86. The molecule has 0 spiro atoms. The highest BCUT2D eigenvalue weighted by molar-refractivity contribution is 6.35. The van der Waals surface area contributed by atoms with Gasteiger partial charge in [-0.15, -0.1) is 0 Å². The van der Waals surface area contributed by atoms with Crippen LogP contribution in [0, 0.1) is 0 Å². The highest BCUT2D eigenvalue weighted by Crippen LogP contribution is 2.33. The van der Waals surface area contributed by atoms with Crippen LogP contribution >= 0.6 is 11.6 Å². The predicted molar refractivity (Wildman–Crippen MR) is 132 cm³/mol. The summed E-state index contributed by atoms with van der Waals surface area (Å²) in [5.74, 6) is -1.21. The molecule has 12 heteroatoms. The van der Waals surface area contributed by atoms with Crippen LogP contribution in [0.5, 0.6) is 0 Å². The van der Waals surface area contributed by atoms with Gasteiger partial charge in [0.2, 0.25) is 0 Å². The number of morpholine rings is 2. The minimum atomic E-state index is -1.78. The summed E-state index contributed by atoms with van der Waals surface area (Å²) < 4.78 is 10.7. The Morgan fingerprint density at radius 2 is 1.92 bits per heavy atom. The van der Waals surface area contributed by atoms with E-state index < -0.39 is 24.0 Å². The number of nitrogens with two attached hydrogens (primary N) is 1. The number of carbonyl (C=O) groups excluding carboxylic acids is 3. The standard InChI is InChI=1S/C24H24ClN5O6/c25-19-16-11-27-22(26)15(16)4-5-17(19)28-23(33)20(32)21-24(34)30(7-9-36-21)14-3-1-2-13(10-14)29-6-8-35-12-18(29)31/h1-5,10,20-21,32H,6-9,11-12H2,(H2,26,27)(H,28,33)/t20?,21-/m1/s1. The molecule has 0 bridgehead atoms. The van der Waals surface area contributed by atoms with Gasteiger partial charge in [-0.2, -0.15) is 0 Å². The average Bonchev–Trinajstić information content (AvgIpc) is 3.27. The number of halogens is 1. The van der Waals surface area contributed by atoms with Gasteiger partial charge < -0.3 is 35.4 Å². The molecule has 0 saturated carbocycles. The molecule has 3 amide bonds. The second-order valence-corrected chi connectivity index (χ2v) is 8.87. The van der Waals surface area contributed by atoms with Crippen LogP contribution in [0.1, 0.15) is 11.1 Å². The highest BCUT2D eigenvalue weighted by Gasteiger charge is 2.40. The molecule has 2 aromatic carbocycles. The lowest BCUT2D eigenvalue weighted by molar-refractivity contribution is -0.150. The van der Waals surface area contributed by atoms with Gasteiger partial charge in [0.05, 0.1) is 30.5 Å². The van der Waals surface area contributed by atoms with E-state index in [1.165, 1.54) is 4.90 Å². The second-order valence-electron chi connectivity index (χ2n) is 8.49. The zero-order valence-corrected chi connectivity index (χ0v) is 19.9. The van der Waals surface area contributed by atoms with Gasteiger partial charge in [-0.05, 0) is 30.3 Å². The number of ether oxygens (including phenoxy) is 2. The Balaban J connectivity index is 1.30. The molecule has 4 N–H and O–H groups in total. The lowest BCUT2D eigenvalue weighted by atomic mass is 10.1. The molecule has 2 fully saturated rings. The molecule has 2 saturated heterocycles. The molecular formula is C24H24ClN5O6. The Morgan fingerprint density at radius 3 is 2.69 bits per heavy atom. The van der Waals surface area contributed by atoms with Crippen LogP contribution < -0.4 is 20.9 Å². The number of benzene rings is 2. The Morgan fingerprint density at radius 1 is 1.17 bits per heavy atom. The van der Waals surface area contributed by atoms with E-state index in [2.05, 4.69) is 10.3 Å². The van der Waals surface area contributed by atoms with Crippen molar-refractivity contribution in [3.63, 3.8) is 0 Å². The number of hydrogen-bond donors (Lipinski definition) is 3. The summed E-state index contributed by atoms with van der Waals surface area (Å²) in [6.07, 6.45) is -3.20. The van der Waals surface area contributed by atoms with Gasteiger partial charge in [-0.3, -0.25) is 19.4 Å². The van der Waals surface area contributed by atoms with Crippen LogP contribution in [-0.4, -0.2) is 73.8 Å². The number of aliphatic imine (C=N–C) groups is 1. The van der Waals surface area contributed by atoms with E-state index in [-0.39, 0.29) is 36.4 Å². The number of amidine groups is 1. The van der Waals surface area contributed by atoms with Gasteiger partial charge in [0, 0.05) is 35.6 Å². The van der Waals surface area contributed by atoms with Crippen LogP contribution in [-0.2, 0) is 30.4 Å². The van der Waals surface area contributed by atoms with Gasteiger partial charge in [0.1, 0.15) is 12.4 Å². The number of rotatable bonds is 5. The van der Waals surface area contributed by atoms with Gasteiger partial charge in [0.15, 0.2) is 12.2 Å². The molecule has 0 aromatic heterocycles. The number of anilines is 3. The van der Waals surface area contributed by atoms with Gasteiger partial charge in [0.25, 0.3) is 17.7 Å². The fourth-order valence-corrected chi connectivity index (χ4v) is 4.69. The topological polar surface area (TPSA) is 147 Å². The predicted octanol–water partition coefficient (Wildman–Crippen LogP) is 0.653. The van der Waals surface area contributed by atoms with Crippen molar-refractivity contribution in [1.29, 1.82) is 0 Å². The van der Waals surface area contributed by atoms with Crippen LogP contribution in [0.2, 0.25) is 5.02 Å². The van der Waals surface area contributed by atoms with Crippen LogP contribution in [0.3, 0.4) is 0 Å². The first-order valence-electron chi connectivity index (χ1n) is 11.4. The van der Waals surface area contributed by atoms with Crippen molar-refractivity contribution >= 4 is 52.2 Å². The van der Waals surface area contributed by atoms with Crippen molar-refractivity contribution < 1.29 is 29.0 Å². The van der Waals surface area contributed by atoms with E-state index in [1.807, 2.05) is 0 Å². The molecule has 2 atom stereocenters. The maximum absolute atomic E-state index is 13.2. The quantitative estimate of drug-likeness (QED) is 0.532. The largest absolute Gasteiger partial charge is 0.383 e. The van der Waals surface area contributed by atoms with E-state index in [0.29, 0.717) is 48.0 Å². The highest BCUT2D eigenvalue weighted by atomic mass is 35.5. The molecule has 5 rings (SSSR count). The molecule has 0 radical (unpaired) electrons. The van der Waals surface area contributed by atoms with Gasteiger partial charge in [-0.1, -0.05) is 17.7 Å². The Labute approximate surface area is 211 Å². The van der Waals surface area contributed by atoms with Crippen LogP contribution in [0.15, 0.2) is 41.4 Å². The minimum Gasteiger partial charge on any atom is -0.383 e. The number of nitrogens with zero attached hydrogens (tertiary/aromatic N) is 3. The Kier molecular flexibility index (Phi) is 6.63. The molecule has 2 aromatic rings. The van der Waals surface area contributed by atoms with Crippen molar-refractivity contribution in [2.45, 2.75) is 18.8 Å². The van der Waals surface area contributed by atoms with E-state index in [1.54, 1.807) is 41.3 Å². The van der Waals surface area contributed by atoms with E-state index >= 15 is 0 Å². The van der Waals surface area contributed by atoms with Gasteiger partial charge >= 0.3 is 0 Å². The molecule has 36 heavy (non-hydrogen) atoms. The third-order valence-electron chi connectivity index (χ3n) is 6.30. The van der Waals surface area contributed by atoms with E-state index in [0.717, 1.165) is 0 Å². The third kappa shape index (κ3) is 4.42. The summed E-state index contributed by atoms with van der Waals surface area (Å²) in [5, 5.41) is 13.6. The monoisotopic (exact) mass is 513 g/mol. The first-order chi connectivity index (χ1) is 17.3. The Hall–Kier alpha value is -3.51. The van der Waals surface area contributed by atoms with Crippen molar-refractivity contribution in [1.82, 2.24) is 0 Å². The number of fused-ring (bicyclic) bond motifs is 1. The third-order valence-corrected chi connectivity index (χ3v) is 6.73. The van der Waals surface area contributed by atoms with Crippen LogP contribution in [0.4, 0.5) is 17.1 Å². The minimum absolute atomic E-state index is 0.00125. The number of amides is 3. The number of hydrogen-bond acceptors (Lipinski definition) is 8. The number of carbonyl (C=O) groups is 3. The summed E-state index contributed by atoms with van der Waals surface area (Å²) in [6.45, 7) is 1.45. The van der Waals surface area contributed by atoms with Gasteiger partial charge in [-0.25, -0.2) is 0 Å². The molecule has 11 nitrogen and oxygen atoms in total. The molecule has 3 heterocycles. The number of nitrogens with one attached hydrogen (secondary N) is 1. The Bertz CT molecular complexity index is 1270. The summed E-state index contributed by atoms with van der Waals surface area (Å²) in [5.41, 5.74) is 8.63. The van der Waals surface area contributed by atoms with Crippen molar-refractivity contribution in [2.24, 2.45) is 10.7 Å². The van der Waals surface area contributed by atoms with Crippen molar-refractivity contribution in [2.75, 3.05) is 48.0 Å². The molecule has 3 aliphatic heterocycles. The zero-order valence-electron chi connectivity index (χ0n) is 19.1. The molecular weight excluding hydrogens is 490 g/mol. The molecule has 1 unspecified atom stereocenters. The summed E-state index contributed by atoms with van der Waals surface area (Å²) >= 11 is 6.41.